The number of aryl methyl sites for hydroxylation is 1. The first kappa shape index (κ1) is 12.9. The van der Waals surface area contributed by atoms with Gasteiger partial charge in [-0.2, -0.15) is 5.10 Å². The molecule has 18 heavy (non-hydrogen) atoms. The number of benzene rings is 1. The van der Waals surface area contributed by atoms with Gasteiger partial charge in [-0.15, -0.1) is 0 Å². The van der Waals surface area contributed by atoms with Gasteiger partial charge in [0, 0.05) is 31.5 Å². The quantitative estimate of drug-likeness (QED) is 0.659. The van der Waals surface area contributed by atoms with Gasteiger partial charge in [-0.05, 0) is 34.5 Å². The summed E-state index contributed by atoms with van der Waals surface area (Å²) in [7, 11) is 0. The Kier molecular flexibility index (Phi) is 4.19. The molecule has 0 amide bonds. The molecule has 0 radical (unpaired) electrons. The Morgan fingerprint density at radius 1 is 1.44 bits per heavy atom. The summed E-state index contributed by atoms with van der Waals surface area (Å²) in [6, 6.07) is 4.84. The van der Waals surface area contributed by atoms with Crippen LogP contribution in [0, 0.1) is 5.82 Å². The topological polar surface area (TPSA) is 55.9 Å². The van der Waals surface area contributed by atoms with Crippen LogP contribution in [0.3, 0.4) is 0 Å². The highest BCUT2D eigenvalue weighted by molar-refractivity contribution is 9.10. The highest BCUT2D eigenvalue weighted by Gasteiger charge is 2.05. The second-order valence-electron chi connectivity index (χ2n) is 3.90. The number of halogens is 2. The normalized spacial score (nSPS) is 10.6. The Bertz CT molecular complexity index is 513. The van der Waals surface area contributed by atoms with Crippen molar-refractivity contribution < 1.29 is 4.39 Å². The summed E-state index contributed by atoms with van der Waals surface area (Å²) in [5.74, 6) is -0.321. The van der Waals surface area contributed by atoms with Gasteiger partial charge in [0.15, 0.2) is 0 Å². The molecule has 1 aromatic heterocycles. The number of aromatic nitrogens is 2. The van der Waals surface area contributed by atoms with Gasteiger partial charge < -0.3 is 11.1 Å². The zero-order valence-electron chi connectivity index (χ0n) is 9.74. The fraction of sp³-hybridized carbons (Fsp3) is 0.250. The fourth-order valence-corrected chi connectivity index (χ4v) is 1.97. The molecule has 0 saturated heterocycles. The second kappa shape index (κ2) is 5.86. The van der Waals surface area contributed by atoms with E-state index in [1.807, 2.05) is 16.9 Å². The maximum absolute atomic E-state index is 13.3. The highest BCUT2D eigenvalue weighted by atomic mass is 79.9. The first-order chi connectivity index (χ1) is 8.66. The van der Waals surface area contributed by atoms with Crippen molar-refractivity contribution >= 4 is 27.3 Å². The average molecular weight is 313 g/mol. The lowest BCUT2D eigenvalue weighted by Gasteiger charge is -2.10. The van der Waals surface area contributed by atoms with Crippen molar-refractivity contribution in [3.8, 4) is 0 Å². The average Bonchev–Trinajstić information content (AvgIpc) is 2.84. The van der Waals surface area contributed by atoms with E-state index in [1.54, 1.807) is 12.3 Å². The molecule has 2 rings (SSSR count). The number of rotatable bonds is 5. The van der Waals surface area contributed by atoms with Crippen molar-refractivity contribution in [2.24, 2.45) is 0 Å². The molecule has 96 valence electrons. The molecule has 0 aliphatic heterocycles. The molecular formula is C12H14BrFN4. The predicted molar refractivity (Wildman–Crippen MR) is 73.8 cm³/mol. The van der Waals surface area contributed by atoms with Crippen molar-refractivity contribution in [2.45, 2.75) is 13.0 Å². The molecule has 4 nitrogen and oxygen atoms in total. The van der Waals surface area contributed by atoms with Crippen molar-refractivity contribution in [3.63, 3.8) is 0 Å². The molecule has 0 atom stereocenters. The van der Waals surface area contributed by atoms with E-state index in [9.17, 15) is 4.39 Å². The van der Waals surface area contributed by atoms with Crippen LogP contribution in [-0.4, -0.2) is 16.3 Å². The molecule has 0 aliphatic rings. The second-order valence-corrected chi connectivity index (χ2v) is 4.76. The van der Waals surface area contributed by atoms with Crippen LogP contribution in [0.2, 0.25) is 0 Å². The van der Waals surface area contributed by atoms with E-state index >= 15 is 0 Å². The van der Waals surface area contributed by atoms with Crippen molar-refractivity contribution in [1.29, 1.82) is 0 Å². The van der Waals surface area contributed by atoms with Gasteiger partial charge in [0.2, 0.25) is 0 Å². The van der Waals surface area contributed by atoms with Gasteiger partial charge in [0.1, 0.15) is 5.82 Å². The van der Waals surface area contributed by atoms with Crippen LogP contribution in [0.4, 0.5) is 15.8 Å². The third-order valence-electron chi connectivity index (χ3n) is 2.53. The Hall–Kier alpha value is -1.56. The molecule has 0 saturated carbocycles. The Morgan fingerprint density at radius 2 is 2.28 bits per heavy atom. The number of nitrogens with zero attached hydrogens (tertiary/aromatic N) is 2. The predicted octanol–water partition coefficient (Wildman–Crippen LogP) is 2.87. The summed E-state index contributed by atoms with van der Waals surface area (Å²) in [6.07, 6.45) is 4.54. The molecule has 0 unspecified atom stereocenters. The van der Waals surface area contributed by atoms with E-state index in [1.165, 1.54) is 6.07 Å². The van der Waals surface area contributed by atoms with Gasteiger partial charge in [0.05, 0.1) is 15.8 Å². The summed E-state index contributed by atoms with van der Waals surface area (Å²) < 4.78 is 15.6. The van der Waals surface area contributed by atoms with Gasteiger partial charge in [0.25, 0.3) is 0 Å². The van der Waals surface area contributed by atoms with Crippen LogP contribution >= 0.6 is 15.9 Å². The molecule has 3 N–H and O–H groups in total. The Labute approximate surface area is 113 Å². The summed E-state index contributed by atoms with van der Waals surface area (Å²) in [5.41, 5.74) is 6.94. The zero-order valence-corrected chi connectivity index (χ0v) is 11.3. The standard InChI is InChI=1S/C12H14BrFN4/c13-9-7-11(15)12(8-10(9)14)16-3-1-5-18-6-2-4-17-18/h2,4,6-8,16H,1,3,5,15H2. The Morgan fingerprint density at radius 3 is 3.00 bits per heavy atom. The maximum Gasteiger partial charge on any atom is 0.139 e. The molecular weight excluding hydrogens is 299 g/mol. The van der Waals surface area contributed by atoms with Crippen LogP contribution in [-0.2, 0) is 6.54 Å². The smallest absolute Gasteiger partial charge is 0.139 e. The third-order valence-corrected chi connectivity index (χ3v) is 3.14. The van der Waals surface area contributed by atoms with Gasteiger partial charge in [-0.25, -0.2) is 4.39 Å². The zero-order chi connectivity index (χ0) is 13.0. The Balaban J connectivity index is 1.85. The van der Waals surface area contributed by atoms with E-state index in [0.29, 0.717) is 22.4 Å². The number of hydrogen-bond donors (Lipinski definition) is 2. The lowest BCUT2D eigenvalue weighted by Crippen LogP contribution is -2.08. The molecule has 1 aromatic carbocycles. The minimum atomic E-state index is -0.321. The van der Waals surface area contributed by atoms with Crippen LogP contribution in [0.25, 0.3) is 0 Å². The van der Waals surface area contributed by atoms with Crippen LogP contribution in [0.1, 0.15) is 6.42 Å². The molecule has 0 bridgehead atoms. The van der Waals surface area contributed by atoms with Crippen molar-refractivity contribution in [1.82, 2.24) is 9.78 Å². The molecule has 0 fully saturated rings. The number of nitrogen functional groups attached to an aromatic ring is 1. The van der Waals surface area contributed by atoms with Crippen LogP contribution in [0.5, 0.6) is 0 Å². The number of nitrogens with one attached hydrogen (secondary N) is 1. The summed E-state index contributed by atoms with van der Waals surface area (Å²) in [5, 5.41) is 7.22. The lowest BCUT2D eigenvalue weighted by molar-refractivity contribution is 0.591. The van der Waals surface area contributed by atoms with Gasteiger partial charge >= 0.3 is 0 Å². The summed E-state index contributed by atoms with van der Waals surface area (Å²) >= 11 is 3.09. The summed E-state index contributed by atoms with van der Waals surface area (Å²) in [4.78, 5) is 0. The molecule has 0 spiro atoms. The number of anilines is 2. The molecule has 0 aliphatic carbocycles. The van der Waals surface area contributed by atoms with E-state index in [0.717, 1.165) is 13.0 Å². The maximum atomic E-state index is 13.3. The first-order valence-corrected chi connectivity index (χ1v) is 6.42. The third kappa shape index (κ3) is 3.22. The minimum absolute atomic E-state index is 0.321. The highest BCUT2D eigenvalue weighted by Crippen LogP contribution is 2.26. The van der Waals surface area contributed by atoms with E-state index in [4.69, 9.17) is 5.73 Å². The molecule has 1 heterocycles. The van der Waals surface area contributed by atoms with Crippen molar-refractivity contribution in [3.05, 3.63) is 40.9 Å². The van der Waals surface area contributed by atoms with E-state index in [-0.39, 0.29) is 5.82 Å². The lowest BCUT2D eigenvalue weighted by atomic mass is 10.2. The SMILES string of the molecule is Nc1cc(Br)c(F)cc1NCCCn1cccn1. The monoisotopic (exact) mass is 312 g/mol. The molecule has 6 heteroatoms. The summed E-state index contributed by atoms with van der Waals surface area (Å²) in [6.45, 7) is 1.53. The van der Waals surface area contributed by atoms with Crippen LogP contribution < -0.4 is 11.1 Å². The molecule has 2 aromatic rings. The first-order valence-electron chi connectivity index (χ1n) is 5.62. The van der Waals surface area contributed by atoms with Gasteiger partial charge in [-0.1, -0.05) is 0 Å². The largest absolute Gasteiger partial charge is 0.397 e. The minimum Gasteiger partial charge on any atom is -0.397 e. The van der Waals surface area contributed by atoms with Crippen molar-refractivity contribution in [2.75, 3.05) is 17.6 Å². The van der Waals surface area contributed by atoms with E-state index < -0.39 is 0 Å². The van der Waals surface area contributed by atoms with Crippen LogP contribution in [0.15, 0.2) is 35.1 Å². The van der Waals surface area contributed by atoms with E-state index in [2.05, 4.69) is 26.3 Å². The fourth-order valence-electron chi connectivity index (χ4n) is 1.61. The van der Waals surface area contributed by atoms with Gasteiger partial charge in [-0.3, -0.25) is 4.68 Å². The number of hydrogen-bond acceptors (Lipinski definition) is 3. The number of nitrogens with two attached hydrogens (primary N) is 1.